The summed E-state index contributed by atoms with van der Waals surface area (Å²) in [5.41, 5.74) is -0.942. The normalized spacial score (nSPS) is 17.3. The minimum atomic E-state index is -0.510. The maximum absolute atomic E-state index is 12.2. The fourth-order valence-corrected chi connectivity index (χ4v) is 2.77. The van der Waals surface area contributed by atoms with Gasteiger partial charge in [0.25, 0.3) is 0 Å². The second kappa shape index (κ2) is 8.53. The Balaban J connectivity index is 2.54. The van der Waals surface area contributed by atoms with Crippen molar-refractivity contribution in [3.05, 3.63) is 0 Å². The van der Waals surface area contributed by atoms with Crippen LogP contribution in [0, 0.1) is 5.92 Å². The molecule has 1 aliphatic heterocycles. The Morgan fingerprint density at radius 2 is 1.65 bits per heavy atom. The van der Waals surface area contributed by atoms with Gasteiger partial charge >= 0.3 is 12.1 Å². The van der Waals surface area contributed by atoms with Crippen molar-refractivity contribution >= 4 is 57.2 Å². The maximum Gasteiger partial charge on any atom is 0.410 e. The zero-order valence-corrected chi connectivity index (χ0v) is 18.8. The van der Waals surface area contributed by atoms with Crippen molar-refractivity contribution in [2.24, 2.45) is 5.92 Å². The van der Waals surface area contributed by atoms with E-state index in [2.05, 4.69) is 0 Å². The molecule has 0 N–H and O–H groups in total. The number of hydrogen-bond acceptors (Lipinski definition) is 4. The van der Waals surface area contributed by atoms with Crippen LogP contribution >= 0.6 is 45.2 Å². The molecular weight excluding hydrogens is 524 g/mol. The lowest BCUT2D eigenvalue weighted by Crippen LogP contribution is -2.47. The number of esters is 1. The van der Waals surface area contributed by atoms with Crippen molar-refractivity contribution in [1.82, 2.24) is 4.90 Å². The van der Waals surface area contributed by atoms with Gasteiger partial charge in [0.15, 0.2) is 1.93 Å². The molecule has 134 valence electrons. The molecule has 1 rings (SSSR count). The van der Waals surface area contributed by atoms with E-state index in [1.54, 1.807) is 4.90 Å². The summed E-state index contributed by atoms with van der Waals surface area (Å²) in [4.78, 5) is 25.8. The Bertz CT molecular complexity index is 430. The lowest BCUT2D eigenvalue weighted by atomic mass is 9.83. The molecule has 0 radical (unpaired) electrons. The van der Waals surface area contributed by atoms with Crippen LogP contribution in [0.25, 0.3) is 0 Å². The smallest absolute Gasteiger partial charge is 0.410 e. The topological polar surface area (TPSA) is 55.8 Å². The zero-order chi connectivity index (χ0) is 17.8. The standard InChI is InChI=1S/C16H27I2NO4/c1-6-15(2,3)23-14(21)19-9-7-11(8-10-19)16(4,5)22-13(20)12(17)18/h11-12H,6-10H2,1-5H3. The van der Waals surface area contributed by atoms with E-state index in [1.165, 1.54) is 0 Å². The second-order valence-corrected chi connectivity index (χ2v) is 11.9. The molecular formula is C16H27I2NO4. The first kappa shape index (κ1) is 21.2. The predicted octanol–water partition coefficient (Wildman–Crippen LogP) is 4.54. The van der Waals surface area contributed by atoms with Gasteiger partial charge < -0.3 is 14.4 Å². The van der Waals surface area contributed by atoms with Crippen molar-refractivity contribution in [2.45, 2.75) is 67.0 Å². The van der Waals surface area contributed by atoms with Crippen LogP contribution in [0.4, 0.5) is 4.79 Å². The van der Waals surface area contributed by atoms with Gasteiger partial charge in [0.1, 0.15) is 11.2 Å². The Hall–Kier alpha value is 0.200. The molecule has 7 heteroatoms. The highest BCUT2D eigenvalue weighted by Crippen LogP contribution is 2.33. The molecule has 5 nitrogen and oxygen atoms in total. The molecule has 0 saturated carbocycles. The number of carbonyl (C=O) groups excluding carboxylic acids is 2. The van der Waals surface area contributed by atoms with Crippen LogP contribution in [0.15, 0.2) is 0 Å². The highest BCUT2D eigenvalue weighted by atomic mass is 127. The van der Waals surface area contributed by atoms with Crippen molar-refractivity contribution in [3.63, 3.8) is 0 Å². The Morgan fingerprint density at radius 1 is 1.13 bits per heavy atom. The number of piperidine rings is 1. The number of carbonyl (C=O) groups is 2. The van der Waals surface area contributed by atoms with Crippen molar-refractivity contribution < 1.29 is 19.1 Å². The number of nitrogens with zero attached hydrogens (tertiary/aromatic N) is 1. The fraction of sp³-hybridized carbons (Fsp3) is 0.875. The van der Waals surface area contributed by atoms with Gasteiger partial charge in [0.2, 0.25) is 0 Å². The predicted molar refractivity (Wildman–Crippen MR) is 107 cm³/mol. The highest BCUT2D eigenvalue weighted by Gasteiger charge is 2.38. The fourth-order valence-electron chi connectivity index (χ4n) is 2.52. The number of likely N-dealkylation sites (tertiary alicyclic amines) is 1. The van der Waals surface area contributed by atoms with Crippen LogP contribution in [0.5, 0.6) is 0 Å². The summed E-state index contributed by atoms with van der Waals surface area (Å²) in [6.45, 7) is 11.0. The number of hydrogen-bond donors (Lipinski definition) is 0. The lowest BCUT2D eigenvalue weighted by Gasteiger charge is -2.40. The average Bonchev–Trinajstić information content (AvgIpc) is 2.46. The van der Waals surface area contributed by atoms with Gasteiger partial charge in [-0.15, -0.1) is 0 Å². The van der Waals surface area contributed by atoms with Gasteiger partial charge in [-0.3, -0.25) is 4.79 Å². The largest absolute Gasteiger partial charge is 0.458 e. The highest BCUT2D eigenvalue weighted by molar-refractivity contribution is 14.2. The summed E-state index contributed by atoms with van der Waals surface area (Å²) in [5, 5.41) is 0. The van der Waals surface area contributed by atoms with Crippen molar-refractivity contribution in [1.29, 1.82) is 0 Å². The molecule has 23 heavy (non-hydrogen) atoms. The molecule has 0 atom stereocenters. The van der Waals surface area contributed by atoms with E-state index >= 15 is 0 Å². The number of halogens is 2. The van der Waals surface area contributed by atoms with E-state index in [0.717, 1.165) is 19.3 Å². The van der Waals surface area contributed by atoms with E-state index in [-0.39, 0.29) is 19.9 Å². The van der Waals surface area contributed by atoms with E-state index in [9.17, 15) is 9.59 Å². The molecule has 1 heterocycles. The van der Waals surface area contributed by atoms with E-state index < -0.39 is 11.2 Å². The summed E-state index contributed by atoms with van der Waals surface area (Å²) in [6, 6.07) is 0. The van der Waals surface area contributed by atoms with Crippen molar-refractivity contribution in [3.8, 4) is 0 Å². The van der Waals surface area contributed by atoms with Gasteiger partial charge in [-0.2, -0.15) is 0 Å². The third-order valence-corrected chi connectivity index (χ3v) is 5.51. The first-order chi connectivity index (χ1) is 10.5. The van der Waals surface area contributed by atoms with E-state index in [1.807, 2.05) is 79.8 Å². The van der Waals surface area contributed by atoms with Crippen LogP contribution in [0.3, 0.4) is 0 Å². The maximum atomic E-state index is 12.2. The Labute approximate surface area is 166 Å². The molecule has 0 aromatic rings. The summed E-state index contributed by atoms with van der Waals surface area (Å²) >= 11 is 4.10. The third kappa shape index (κ3) is 6.55. The summed E-state index contributed by atoms with van der Waals surface area (Å²) in [7, 11) is 0. The van der Waals surface area contributed by atoms with Crippen LogP contribution < -0.4 is 0 Å². The van der Waals surface area contributed by atoms with Gasteiger partial charge in [0, 0.05) is 19.0 Å². The molecule has 0 unspecified atom stereocenters. The van der Waals surface area contributed by atoms with E-state index in [0.29, 0.717) is 13.1 Å². The first-order valence-electron chi connectivity index (χ1n) is 7.97. The second-order valence-electron chi connectivity index (χ2n) is 7.07. The quantitative estimate of drug-likeness (QED) is 0.286. The molecule has 0 spiro atoms. The first-order valence-corrected chi connectivity index (χ1v) is 10.5. The molecule has 1 aliphatic rings. The minimum absolute atomic E-state index is 0.184. The number of amides is 1. The molecule has 1 fully saturated rings. The minimum Gasteiger partial charge on any atom is -0.458 e. The summed E-state index contributed by atoms with van der Waals surface area (Å²) < 4.78 is 11.0. The molecule has 1 saturated heterocycles. The molecule has 1 amide bonds. The molecule has 0 aromatic carbocycles. The number of ether oxygens (including phenoxy) is 2. The Morgan fingerprint density at radius 3 is 2.09 bits per heavy atom. The lowest BCUT2D eigenvalue weighted by molar-refractivity contribution is -0.160. The van der Waals surface area contributed by atoms with Gasteiger partial charge in [-0.05, 0) is 47.0 Å². The SMILES string of the molecule is CCC(C)(C)OC(=O)N1CCC(C(C)(C)OC(=O)C(I)I)CC1. The van der Waals surface area contributed by atoms with Gasteiger partial charge in [-0.25, -0.2) is 4.79 Å². The van der Waals surface area contributed by atoms with E-state index in [4.69, 9.17) is 9.47 Å². The van der Waals surface area contributed by atoms with Gasteiger partial charge in [-0.1, -0.05) is 52.1 Å². The Kier molecular flexibility index (Phi) is 7.88. The third-order valence-electron chi connectivity index (χ3n) is 4.49. The molecule has 0 aromatic heterocycles. The van der Waals surface area contributed by atoms with Crippen molar-refractivity contribution in [2.75, 3.05) is 13.1 Å². The summed E-state index contributed by atoms with van der Waals surface area (Å²) in [5.74, 6) is 0.0592. The van der Waals surface area contributed by atoms with Crippen LogP contribution in [-0.2, 0) is 14.3 Å². The molecule has 0 aliphatic carbocycles. The molecule has 0 bridgehead atoms. The average molecular weight is 551 g/mol. The number of rotatable bonds is 5. The number of alkyl halides is 2. The monoisotopic (exact) mass is 551 g/mol. The van der Waals surface area contributed by atoms with Gasteiger partial charge in [0.05, 0.1) is 0 Å². The summed E-state index contributed by atoms with van der Waals surface area (Å²) in [6.07, 6.45) is 2.17. The van der Waals surface area contributed by atoms with Crippen LogP contribution in [-0.4, -0.2) is 43.2 Å². The zero-order valence-electron chi connectivity index (χ0n) is 14.5. The van der Waals surface area contributed by atoms with Crippen LogP contribution in [0.2, 0.25) is 0 Å². The van der Waals surface area contributed by atoms with Crippen LogP contribution in [0.1, 0.15) is 53.9 Å².